The highest BCUT2D eigenvalue weighted by molar-refractivity contribution is 5.99. The van der Waals surface area contributed by atoms with Crippen LogP contribution in [0.3, 0.4) is 0 Å². The van der Waals surface area contributed by atoms with Crippen LogP contribution in [0, 0.1) is 12.8 Å². The van der Waals surface area contributed by atoms with Gasteiger partial charge in [-0.3, -0.25) is 4.99 Å². The van der Waals surface area contributed by atoms with Gasteiger partial charge in [0.2, 0.25) is 5.72 Å². The van der Waals surface area contributed by atoms with Crippen molar-refractivity contribution >= 4 is 28.4 Å². The maximum Gasteiger partial charge on any atom is 0.227 e. The van der Waals surface area contributed by atoms with E-state index in [4.69, 9.17) is 9.73 Å². The summed E-state index contributed by atoms with van der Waals surface area (Å²) >= 11 is 0. The zero-order valence-corrected chi connectivity index (χ0v) is 16.2. The fraction of sp³-hybridized carbons (Fsp3) is 0.292. The molecule has 1 spiro atoms. The lowest BCUT2D eigenvalue weighted by Gasteiger charge is -2.45. The molecule has 2 aliphatic heterocycles. The first-order valence-electron chi connectivity index (χ1n) is 9.60. The maximum absolute atomic E-state index is 6.73. The summed E-state index contributed by atoms with van der Waals surface area (Å²) in [4.78, 5) is 4.93. The van der Waals surface area contributed by atoms with Crippen molar-refractivity contribution in [3.63, 3.8) is 0 Å². The van der Waals surface area contributed by atoms with Crippen molar-refractivity contribution in [3.8, 4) is 5.75 Å². The van der Waals surface area contributed by atoms with Gasteiger partial charge in [-0.1, -0.05) is 61.9 Å². The van der Waals surface area contributed by atoms with Crippen LogP contribution in [0.1, 0.15) is 31.9 Å². The summed E-state index contributed by atoms with van der Waals surface area (Å²) in [7, 11) is 0. The van der Waals surface area contributed by atoms with Gasteiger partial charge in [-0.15, -0.1) is 0 Å². The number of fused-ring (bicyclic) bond motifs is 4. The molecule has 0 radical (unpaired) electrons. The number of aryl methyl sites for hydroxylation is 1. The number of rotatable bonds is 1. The molecule has 0 aliphatic carbocycles. The third-order valence-electron chi connectivity index (χ3n) is 6.49. The number of ether oxygens (including phenoxy) is 1. The highest BCUT2D eigenvalue weighted by atomic mass is 16.5. The van der Waals surface area contributed by atoms with Gasteiger partial charge in [-0.25, -0.2) is 0 Å². The number of nitrogens with one attached hydrogen (secondary N) is 1. The van der Waals surface area contributed by atoms with Crippen LogP contribution in [0.4, 0.5) is 11.4 Å². The van der Waals surface area contributed by atoms with E-state index in [1.807, 2.05) is 18.3 Å². The predicted molar refractivity (Wildman–Crippen MR) is 112 cm³/mol. The normalized spacial score (nSPS) is 25.4. The van der Waals surface area contributed by atoms with E-state index in [9.17, 15) is 0 Å². The van der Waals surface area contributed by atoms with Gasteiger partial charge < -0.3 is 10.1 Å². The fourth-order valence-electron chi connectivity index (χ4n) is 4.57. The standard InChI is InChI=1S/C24H24N2O/c1-15(2)23(4)19-13-16(3)9-11-20(19)26-24(23)14-25-22-18-8-6-5-7-17(18)10-12-21(22)27-24/h5-15,26H,1-4H3. The molecule has 136 valence electrons. The summed E-state index contributed by atoms with van der Waals surface area (Å²) < 4.78 is 6.73. The minimum absolute atomic E-state index is 0.235. The molecular formula is C24H24N2O. The number of aliphatic imine (C=N–C) groups is 1. The van der Waals surface area contributed by atoms with Crippen LogP contribution in [0.15, 0.2) is 59.6 Å². The highest BCUT2D eigenvalue weighted by Gasteiger charge is 2.59. The Bertz CT molecular complexity index is 1100. The summed E-state index contributed by atoms with van der Waals surface area (Å²) in [5.74, 6) is 1.20. The van der Waals surface area contributed by atoms with Crippen LogP contribution in [0.25, 0.3) is 10.8 Å². The van der Waals surface area contributed by atoms with Gasteiger partial charge in [0.25, 0.3) is 0 Å². The smallest absolute Gasteiger partial charge is 0.227 e. The zero-order chi connectivity index (χ0) is 18.8. The number of hydrogen-bond acceptors (Lipinski definition) is 3. The monoisotopic (exact) mass is 356 g/mol. The largest absolute Gasteiger partial charge is 0.460 e. The molecule has 0 bridgehead atoms. The van der Waals surface area contributed by atoms with Crippen molar-refractivity contribution in [3.05, 3.63) is 65.7 Å². The molecule has 3 heteroatoms. The molecule has 3 aromatic carbocycles. The molecule has 2 aliphatic rings. The van der Waals surface area contributed by atoms with Crippen molar-refractivity contribution in [1.82, 2.24) is 0 Å². The lowest BCUT2D eigenvalue weighted by molar-refractivity contribution is 0.0674. The minimum atomic E-state index is -0.688. The Kier molecular flexibility index (Phi) is 3.24. The van der Waals surface area contributed by atoms with Crippen molar-refractivity contribution in [2.45, 2.75) is 38.8 Å². The topological polar surface area (TPSA) is 33.6 Å². The molecule has 5 rings (SSSR count). The first-order chi connectivity index (χ1) is 12.9. The zero-order valence-electron chi connectivity index (χ0n) is 16.2. The molecule has 0 saturated carbocycles. The molecule has 2 heterocycles. The van der Waals surface area contributed by atoms with Crippen molar-refractivity contribution in [2.24, 2.45) is 10.9 Å². The Morgan fingerprint density at radius 1 is 1.04 bits per heavy atom. The molecular weight excluding hydrogens is 332 g/mol. The van der Waals surface area contributed by atoms with E-state index in [1.165, 1.54) is 16.5 Å². The second-order valence-corrected chi connectivity index (χ2v) is 8.26. The second-order valence-electron chi connectivity index (χ2n) is 8.26. The lowest BCUT2D eigenvalue weighted by Crippen LogP contribution is -2.59. The van der Waals surface area contributed by atoms with Crippen molar-refractivity contribution in [2.75, 3.05) is 5.32 Å². The molecule has 0 aromatic heterocycles. The Morgan fingerprint density at radius 2 is 1.85 bits per heavy atom. The average Bonchev–Trinajstić information content (AvgIpc) is 2.90. The molecule has 3 aromatic rings. The van der Waals surface area contributed by atoms with Crippen molar-refractivity contribution < 1.29 is 4.74 Å². The van der Waals surface area contributed by atoms with E-state index in [1.54, 1.807) is 0 Å². The van der Waals surface area contributed by atoms with Gasteiger partial charge in [-0.2, -0.15) is 0 Å². The average molecular weight is 356 g/mol. The molecule has 2 atom stereocenters. The Hall–Kier alpha value is -2.81. The van der Waals surface area contributed by atoms with E-state index >= 15 is 0 Å². The van der Waals surface area contributed by atoms with Crippen LogP contribution in [-0.2, 0) is 5.41 Å². The maximum atomic E-state index is 6.73. The molecule has 1 N–H and O–H groups in total. The van der Waals surface area contributed by atoms with Gasteiger partial charge in [0.05, 0.1) is 11.6 Å². The van der Waals surface area contributed by atoms with Crippen LogP contribution >= 0.6 is 0 Å². The molecule has 3 nitrogen and oxygen atoms in total. The van der Waals surface area contributed by atoms with Gasteiger partial charge in [0.15, 0.2) is 0 Å². The van der Waals surface area contributed by atoms with Crippen LogP contribution < -0.4 is 10.1 Å². The highest BCUT2D eigenvalue weighted by Crippen LogP contribution is 2.54. The van der Waals surface area contributed by atoms with Gasteiger partial charge in [-0.05, 0) is 42.8 Å². The van der Waals surface area contributed by atoms with Gasteiger partial charge in [0, 0.05) is 11.1 Å². The van der Waals surface area contributed by atoms with Crippen LogP contribution in [0.5, 0.6) is 5.75 Å². The Balaban J connectivity index is 1.71. The summed E-state index contributed by atoms with van der Waals surface area (Å²) in [5.41, 5.74) is 3.69. The minimum Gasteiger partial charge on any atom is -0.460 e. The fourth-order valence-corrected chi connectivity index (χ4v) is 4.57. The molecule has 0 saturated heterocycles. The lowest BCUT2D eigenvalue weighted by atomic mass is 9.67. The summed E-state index contributed by atoms with van der Waals surface area (Å²) in [6.07, 6.45) is 1.98. The number of hydrogen-bond donors (Lipinski definition) is 1. The van der Waals surface area contributed by atoms with E-state index in [2.05, 4.69) is 75.5 Å². The van der Waals surface area contributed by atoms with Crippen LogP contribution in [-0.4, -0.2) is 11.9 Å². The summed E-state index contributed by atoms with van der Waals surface area (Å²) in [5, 5.41) is 5.97. The number of benzene rings is 3. The first-order valence-corrected chi connectivity index (χ1v) is 9.60. The Morgan fingerprint density at radius 3 is 2.67 bits per heavy atom. The predicted octanol–water partition coefficient (Wildman–Crippen LogP) is 5.98. The summed E-state index contributed by atoms with van der Waals surface area (Å²) in [6, 6.07) is 19.1. The number of anilines is 1. The number of nitrogens with zero attached hydrogens (tertiary/aromatic N) is 1. The van der Waals surface area contributed by atoms with Gasteiger partial charge in [0.1, 0.15) is 11.4 Å². The Labute approximate surface area is 160 Å². The molecule has 2 unspecified atom stereocenters. The molecule has 0 amide bonds. The van der Waals surface area contributed by atoms with Gasteiger partial charge >= 0.3 is 0 Å². The van der Waals surface area contributed by atoms with Crippen molar-refractivity contribution in [1.29, 1.82) is 0 Å². The van der Waals surface area contributed by atoms with E-state index in [0.29, 0.717) is 5.92 Å². The molecule has 27 heavy (non-hydrogen) atoms. The third kappa shape index (κ3) is 2.05. The summed E-state index contributed by atoms with van der Waals surface area (Å²) in [6.45, 7) is 8.94. The molecule has 0 fully saturated rings. The van der Waals surface area contributed by atoms with E-state index in [-0.39, 0.29) is 5.41 Å². The third-order valence-corrected chi connectivity index (χ3v) is 6.49. The SMILES string of the molecule is Cc1ccc2c(c1)C(C)(C(C)C)C1(C=Nc3c(ccc4ccccc34)O1)N2. The van der Waals surface area contributed by atoms with Crippen LogP contribution in [0.2, 0.25) is 0 Å². The first kappa shape index (κ1) is 16.4. The van der Waals surface area contributed by atoms with E-state index < -0.39 is 5.72 Å². The second kappa shape index (κ2) is 5.35. The van der Waals surface area contributed by atoms with E-state index in [0.717, 1.165) is 22.5 Å². The quantitative estimate of drug-likeness (QED) is 0.582.